The van der Waals surface area contributed by atoms with E-state index in [9.17, 15) is 17.6 Å². The van der Waals surface area contributed by atoms with Crippen LogP contribution < -0.4 is 10.0 Å². The van der Waals surface area contributed by atoms with E-state index in [1.807, 2.05) is 30.3 Å². The smallest absolute Gasteiger partial charge is 0.253 e. The number of nitrogens with one attached hydrogen (secondary N) is 2. The minimum absolute atomic E-state index is 0.0483. The standard InChI is InChI=1S/C16H17FN2O3S2/c1-24(21,22)19-15-8-7-12(17)11-14(15)16(20)18-9-10-23-13-5-3-2-4-6-13/h2-8,11,19H,9-10H2,1H3,(H,18,20). The Morgan fingerprint density at radius 1 is 1.17 bits per heavy atom. The lowest BCUT2D eigenvalue weighted by Gasteiger charge is -2.11. The maximum atomic E-state index is 13.4. The molecule has 0 aromatic heterocycles. The molecular weight excluding hydrogens is 351 g/mol. The zero-order valence-corrected chi connectivity index (χ0v) is 14.6. The van der Waals surface area contributed by atoms with Crippen molar-refractivity contribution < 1.29 is 17.6 Å². The second-order valence-corrected chi connectivity index (χ2v) is 7.90. The molecule has 0 aliphatic rings. The zero-order valence-electron chi connectivity index (χ0n) is 13.0. The van der Waals surface area contributed by atoms with Gasteiger partial charge in [0.25, 0.3) is 5.91 Å². The number of carbonyl (C=O) groups is 1. The quantitative estimate of drug-likeness (QED) is 0.582. The van der Waals surface area contributed by atoms with Crippen LogP contribution in [-0.4, -0.2) is 32.9 Å². The van der Waals surface area contributed by atoms with E-state index in [2.05, 4.69) is 10.0 Å². The average Bonchev–Trinajstić information content (AvgIpc) is 2.53. The Morgan fingerprint density at radius 3 is 2.54 bits per heavy atom. The summed E-state index contributed by atoms with van der Waals surface area (Å²) in [5, 5.41) is 2.66. The maximum absolute atomic E-state index is 13.4. The number of halogens is 1. The van der Waals surface area contributed by atoms with Crippen molar-refractivity contribution in [1.82, 2.24) is 5.32 Å². The molecule has 0 saturated heterocycles. The summed E-state index contributed by atoms with van der Waals surface area (Å²) in [4.78, 5) is 13.3. The van der Waals surface area contributed by atoms with E-state index in [0.29, 0.717) is 12.3 Å². The number of hydrogen-bond acceptors (Lipinski definition) is 4. The number of carbonyl (C=O) groups excluding carboxylic acids is 1. The molecule has 0 heterocycles. The van der Waals surface area contributed by atoms with Crippen molar-refractivity contribution in [3.63, 3.8) is 0 Å². The topological polar surface area (TPSA) is 75.3 Å². The van der Waals surface area contributed by atoms with Crippen LogP contribution in [0.5, 0.6) is 0 Å². The Balaban J connectivity index is 1.97. The van der Waals surface area contributed by atoms with Crippen LogP contribution in [-0.2, 0) is 10.0 Å². The Bertz CT molecular complexity index is 811. The molecule has 2 N–H and O–H groups in total. The third-order valence-corrected chi connectivity index (χ3v) is 4.53. The minimum atomic E-state index is -3.56. The molecule has 0 spiro atoms. The fraction of sp³-hybridized carbons (Fsp3) is 0.188. The van der Waals surface area contributed by atoms with Gasteiger partial charge in [-0.2, -0.15) is 0 Å². The monoisotopic (exact) mass is 368 g/mol. The van der Waals surface area contributed by atoms with Crippen LogP contribution in [0.15, 0.2) is 53.4 Å². The third kappa shape index (κ3) is 5.86. The first-order chi connectivity index (χ1) is 11.3. The van der Waals surface area contributed by atoms with Crippen LogP contribution in [0.25, 0.3) is 0 Å². The average molecular weight is 368 g/mol. The molecular formula is C16H17FN2O3S2. The Labute approximate surface area is 144 Å². The highest BCUT2D eigenvalue weighted by molar-refractivity contribution is 7.99. The SMILES string of the molecule is CS(=O)(=O)Nc1ccc(F)cc1C(=O)NCCSc1ccccc1. The number of thioether (sulfide) groups is 1. The lowest BCUT2D eigenvalue weighted by molar-refractivity contribution is 0.0956. The predicted octanol–water partition coefficient (Wildman–Crippen LogP) is 2.72. The van der Waals surface area contributed by atoms with Gasteiger partial charge in [-0.3, -0.25) is 9.52 Å². The van der Waals surface area contributed by atoms with Crippen molar-refractivity contribution >= 4 is 33.4 Å². The molecule has 2 aromatic carbocycles. The van der Waals surface area contributed by atoms with Gasteiger partial charge in [-0.05, 0) is 30.3 Å². The molecule has 2 rings (SSSR count). The molecule has 0 atom stereocenters. The molecule has 0 saturated carbocycles. The summed E-state index contributed by atoms with van der Waals surface area (Å²) < 4.78 is 38.3. The molecule has 8 heteroatoms. The molecule has 0 radical (unpaired) electrons. The summed E-state index contributed by atoms with van der Waals surface area (Å²) in [7, 11) is -3.56. The van der Waals surface area contributed by atoms with Crippen LogP contribution in [0.2, 0.25) is 0 Å². The van der Waals surface area contributed by atoms with E-state index in [1.165, 1.54) is 6.07 Å². The van der Waals surface area contributed by atoms with E-state index in [4.69, 9.17) is 0 Å². The summed E-state index contributed by atoms with van der Waals surface area (Å²) in [6.07, 6.45) is 0.967. The second-order valence-electron chi connectivity index (χ2n) is 4.98. The lowest BCUT2D eigenvalue weighted by Crippen LogP contribution is -2.27. The fourth-order valence-corrected chi connectivity index (χ4v) is 3.31. The Hall–Kier alpha value is -2.06. The van der Waals surface area contributed by atoms with Crippen LogP contribution in [0.4, 0.5) is 10.1 Å². The van der Waals surface area contributed by atoms with Gasteiger partial charge in [-0.15, -0.1) is 11.8 Å². The Kier molecular flexibility index (Phi) is 6.22. The molecule has 0 bridgehead atoms. The summed E-state index contributed by atoms with van der Waals surface area (Å²) in [5.41, 5.74) is -0.00255. The van der Waals surface area contributed by atoms with Gasteiger partial charge in [-0.25, -0.2) is 12.8 Å². The fourth-order valence-electron chi connectivity index (χ4n) is 1.94. The highest BCUT2D eigenvalue weighted by atomic mass is 32.2. The van der Waals surface area contributed by atoms with E-state index in [-0.39, 0.29) is 11.3 Å². The summed E-state index contributed by atoms with van der Waals surface area (Å²) >= 11 is 1.57. The lowest BCUT2D eigenvalue weighted by atomic mass is 10.1. The van der Waals surface area contributed by atoms with Crippen LogP contribution >= 0.6 is 11.8 Å². The Morgan fingerprint density at radius 2 is 1.88 bits per heavy atom. The first-order valence-corrected chi connectivity index (χ1v) is 9.96. The number of amides is 1. The summed E-state index contributed by atoms with van der Waals surface area (Å²) in [6, 6.07) is 13.0. The zero-order chi connectivity index (χ0) is 17.6. The van der Waals surface area contributed by atoms with Gasteiger partial charge in [0.05, 0.1) is 17.5 Å². The van der Waals surface area contributed by atoms with Crippen molar-refractivity contribution in [2.24, 2.45) is 0 Å². The second kappa shape index (κ2) is 8.16. The van der Waals surface area contributed by atoms with Crippen LogP contribution in [0.1, 0.15) is 10.4 Å². The highest BCUT2D eigenvalue weighted by Gasteiger charge is 2.15. The summed E-state index contributed by atoms with van der Waals surface area (Å²) in [6.45, 7) is 0.368. The molecule has 0 aliphatic carbocycles. The molecule has 5 nitrogen and oxygen atoms in total. The van der Waals surface area contributed by atoms with E-state index in [0.717, 1.165) is 23.3 Å². The van der Waals surface area contributed by atoms with Gasteiger partial charge >= 0.3 is 0 Å². The van der Waals surface area contributed by atoms with E-state index >= 15 is 0 Å². The highest BCUT2D eigenvalue weighted by Crippen LogP contribution is 2.19. The number of sulfonamides is 1. The first-order valence-electron chi connectivity index (χ1n) is 7.08. The van der Waals surface area contributed by atoms with Crippen molar-refractivity contribution in [2.45, 2.75) is 4.90 Å². The van der Waals surface area contributed by atoms with Gasteiger partial charge in [0.2, 0.25) is 10.0 Å². The predicted molar refractivity (Wildman–Crippen MR) is 94.4 cm³/mol. The molecule has 1 amide bonds. The van der Waals surface area contributed by atoms with Crippen LogP contribution in [0.3, 0.4) is 0 Å². The number of benzene rings is 2. The van der Waals surface area contributed by atoms with Crippen LogP contribution in [0, 0.1) is 5.82 Å². The molecule has 2 aromatic rings. The molecule has 24 heavy (non-hydrogen) atoms. The third-order valence-electron chi connectivity index (χ3n) is 2.92. The van der Waals surface area contributed by atoms with E-state index < -0.39 is 21.7 Å². The number of rotatable bonds is 7. The molecule has 128 valence electrons. The van der Waals surface area contributed by atoms with Gasteiger partial charge in [0.15, 0.2) is 0 Å². The summed E-state index contributed by atoms with van der Waals surface area (Å²) in [5.74, 6) is -0.507. The van der Waals surface area contributed by atoms with E-state index in [1.54, 1.807) is 11.8 Å². The number of hydrogen-bond donors (Lipinski definition) is 2. The maximum Gasteiger partial charge on any atom is 0.253 e. The molecule has 0 fully saturated rings. The number of anilines is 1. The van der Waals surface area contributed by atoms with Crippen molar-refractivity contribution in [3.8, 4) is 0 Å². The van der Waals surface area contributed by atoms with Gasteiger partial charge in [-0.1, -0.05) is 18.2 Å². The minimum Gasteiger partial charge on any atom is -0.351 e. The molecule has 0 aliphatic heterocycles. The first kappa shape index (κ1) is 18.3. The van der Waals surface area contributed by atoms with Crippen molar-refractivity contribution in [2.75, 3.05) is 23.3 Å². The normalized spacial score (nSPS) is 11.1. The van der Waals surface area contributed by atoms with Gasteiger partial charge in [0, 0.05) is 17.2 Å². The largest absolute Gasteiger partial charge is 0.351 e. The van der Waals surface area contributed by atoms with Crippen molar-refractivity contribution in [1.29, 1.82) is 0 Å². The van der Waals surface area contributed by atoms with Gasteiger partial charge < -0.3 is 5.32 Å². The molecule has 0 unspecified atom stereocenters. The van der Waals surface area contributed by atoms with Gasteiger partial charge in [0.1, 0.15) is 5.82 Å². The van der Waals surface area contributed by atoms with Crippen molar-refractivity contribution in [3.05, 3.63) is 59.9 Å².